The molecule has 1 aliphatic heterocycles. The predicted molar refractivity (Wildman–Crippen MR) is 156 cm³/mol. The van der Waals surface area contributed by atoms with Crippen LogP contribution in [0.3, 0.4) is 0 Å². The van der Waals surface area contributed by atoms with E-state index in [2.05, 4.69) is 41.5 Å². The van der Waals surface area contributed by atoms with Crippen LogP contribution in [0.4, 0.5) is 0 Å². The Morgan fingerprint density at radius 1 is 0.838 bits per heavy atom. The molecule has 1 heterocycles. The maximum atomic E-state index is 6.65. The van der Waals surface area contributed by atoms with Crippen molar-refractivity contribution in [3.8, 4) is 0 Å². The first-order valence-corrected chi connectivity index (χ1v) is 17.0. The standard InChI is InChI=1S/C35H62O2/c1-7-8-9-10-16-27(4)36-24-25(2)14-13-15-26(3)29-17-18-30-28-23-32-35(37-32)21-12-11-20-34(35,6)31(28)19-22-33(29,30)5/h25-32H,7-24H2,1-6H3/t25?,26-,27?,28+,29-,30+,31+,32+,33-,34-,35?/m1/s1. The summed E-state index contributed by atoms with van der Waals surface area (Å²) in [6.45, 7) is 16.0. The fraction of sp³-hybridized carbons (Fsp3) is 1.00. The predicted octanol–water partition coefficient (Wildman–Crippen LogP) is 9.98. The molecule has 2 nitrogen and oxygen atoms in total. The first-order valence-electron chi connectivity index (χ1n) is 17.0. The number of hydrogen-bond donors (Lipinski definition) is 0. The van der Waals surface area contributed by atoms with Crippen molar-refractivity contribution in [3.63, 3.8) is 0 Å². The molecule has 5 rings (SSSR count). The number of unbranched alkanes of at least 4 members (excludes halogenated alkanes) is 3. The number of ether oxygens (including phenoxy) is 2. The maximum Gasteiger partial charge on any atom is 0.100 e. The zero-order valence-corrected chi connectivity index (χ0v) is 25.7. The molecular formula is C35H62O2. The van der Waals surface area contributed by atoms with Gasteiger partial charge in [0.25, 0.3) is 0 Å². The van der Waals surface area contributed by atoms with Crippen LogP contribution in [0, 0.1) is 46.3 Å². The summed E-state index contributed by atoms with van der Waals surface area (Å²) in [5.41, 5.74) is 1.37. The summed E-state index contributed by atoms with van der Waals surface area (Å²) in [5, 5.41) is 0. The summed E-state index contributed by atoms with van der Waals surface area (Å²) in [7, 11) is 0. The van der Waals surface area contributed by atoms with Crippen molar-refractivity contribution in [2.24, 2.45) is 46.3 Å². The van der Waals surface area contributed by atoms with E-state index in [0.29, 0.717) is 34.6 Å². The molecule has 0 radical (unpaired) electrons. The van der Waals surface area contributed by atoms with Gasteiger partial charge in [-0.3, -0.25) is 0 Å². The van der Waals surface area contributed by atoms with Gasteiger partial charge in [-0.2, -0.15) is 0 Å². The molecule has 0 bridgehead atoms. The topological polar surface area (TPSA) is 21.8 Å². The molecule has 5 fully saturated rings. The largest absolute Gasteiger partial charge is 0.378 e. The van der Waals surface area contributed by atoms with Crippen LogP contribution >= 0.6 is 0 Å². The Hall–Kier alpha value is -0.0800. The van der Waals surface area contributed by atoms with E-state index in [1.165, 1.54) is 109 Å². The van der Waals surface area contributed by atoms with Crippen molar-refractivity contribution < 1.29 is 9.47 Å². The molecule has 3 unspecified atom stereocenters. The zero-order valence-electron chi connectivity index (χ0n) is 25.7. The number of epoxide rings is 1. The molecule has 214 valence electrons. The van der Waals surface area contributed by atoms with Gasteiger partial charge in [-0.1, -0.05) is 86.0 Å². The van der Waals surface area contributed by atoms with Crippen molar-refractivity contribution in [3.05, 3.63) is 0 Å². The lowest BCUT2D eigenvalue weighted by molar-refractivity contribution is -0.100. The average molecular weight is 515 g/mol. The lowest BCUT2D eigenvalue weighted by Gasteiger charge is -2.59. The zero-order chi connectivity index (χ0) is 26.3. The quantitative estimate of drug-likeness (QED) is 0.180. The Morgan fingerprint density at radius 2 is 1.65 bits per heavy atom. The number of rotatable bonds is 13. The fourth-order valence-electron chi connectivity index (χ4n) is 11.0. The van der Waals surface area contributed by atoms with Crippen molar-refractivity contribution in [2.45, 2.75) is 169 Å². The molecular weight excluding hydrogens is 452 g/mol. The highest BCUT2D eigenvalue weighted by Gasteiger charge is 2.75. The molecule has 1 saturated heterocycles. The summed E-state index contributed by atoms with van der Waals surface area (Å²) in [5.74, 6) is 5.37. The monoisotopic (exact) mass is 514 g/mol. The van der Waals surface area contributed by atoms with E-state index in [9.17, 15) is 0 Å². The van der Waals surface area contributed by atoms with Crippen molar-refractivity contribution >= 4 is 0 Å². The van der Waals surface area contributed by atoms with E-state index in [4.69, 9.17) is 9.47 Å². The molecule has 5 aliphatic rings. The summed E-state index contributed by atoms with van der Waals surface area (Å²) in [6, 6.07) is 0. The molecule has 0 amide bonds. The van der Waals surface area contributed by atoms with Crippen LogP contribution in [0.1, 0.15) is 151 Å². The minimum Gasteiger partial charge on any atom is -0.378 e. The molecule has 37 heavy (non-hydrogen) atoms. The Labute approximate surface area is 230 Å². The van der Waals surface area contributed by atoms with Crippen LogP contribution in [0.2, 0.25) is 0 Å². The Balaban J connectivity index is 1.08. The third kappa shape index (κ3) is 5.23. The van der Waals surface area contributed by atoms with Gasteiger partial charge in [-0.05, 0) is 106 Å². The van der Waals surface area contributed by atoms with Crippen LogP contribution in [0.25, 0.3) is 0 Å². The third-order valence-electron chi connectivity index (χ3n) is 13.3. The van der Waals surface area contributed by atoms with Crippen LogP contribution in [-0.4, -0.2) is 24.4 Å². The SMILES string of the molecule is CCCCCCC(C)OCC(C)CCC[C@@H](C)[C@H]1CC[C@H]2[C@@H]3C[C@@H]4OC45CCCC[C@]5(C)[C@H]3CC[C@]12C. The third-order valence-corrected chi connectivity index (χ3v) is 13.3. The molecule has 1 spiro atoms. The van der Waals surface area contributed by atoms with E-state index in [-0.39, 0.29) is 0 Å². The van der Waals surface area contributed by atoms with Gasteiger partial charge in [-0.25, -0.2) is 0 Å². The Morgan fingerprint density at radius 3 is 2.46 bits per heavy atom. The summed E-state index contributed by atoms with van der Waals surface area (Å²) < 4.78 is 12.9. The van der Waals surface area contributed by atoms with Crippen LogP contribution < -0.4 is 0 Å². The van der Waals surface area contributed by atoms with Gasteiger partial charge in [0.05, 0.1) is 12.2 Å². The van der Waals surface area contributed by atoms with E-state index in [0.717, 1.165) is 36.2 Å². The van der Waals surface area contributed by atoms with Crippen LogP contribution in [0.5, 0.6) is 0 Å². The first-order chi connectivity index (χ1) is 17.7. The van der Waals surface area contributed by atoms with E-state index in [1.807, 2.05) is 0 Å². The van der Waals surface area contributed by atoms with Gasteiger partial charge in [0.1, 0.15) is 5.60 Å². The van der Waals surface area contributed by atoms with Crippen molar-refractivity contribution in [1.29, 1.82) is 0 Å². The highest BCUT2D eigenvalue weighted by molar-refractivity contribution is 5.23. The normalized spacial score (nSPS) is 44.8. The highest BCUT2D eigenvalue weighted by atomic mass is 16.6. The second-order valence-electron chi connectivity index (χ2n) is 15.5. The lowest BCUT2D eigenvalue weighted by atomic mass is 9.44. The Kier molecular flexibility index (Phi) is 8.78. The van der Waals surface area contributed by atoms with Gasteiger partial charge in [-0.15, -0.1) is 0 Å². The second-order valence-corrected chi connectivity index (χ2v) is 15.5. The van der Waals surface area contributed by atoms with E-state index >= 15 is 0 Å². The van der Waals surface area contributed by atoms with Gasteiger partial charge in [0, 0.05) is 12.0 Å². The van der Waals surface area contributed by atoms with E-state index in [1.54, 1.807) is 0 Å². The summed E-state index contributed by atoms with van der Waals surface area (Å²) in [6.07, 6.45) is 24.8. The average Bonchev–Trinajstić information content (AvgIpc) is 3.47. The lowest BCUT2D eigenvalue weighted by Crippen LogP contribution is -2.57. The van der Waals surface area contributed by atoms with Gasteiger partial charge >= 0.3 is 0 Å². The molecule has 4 aliphatic carbocycles. The minimum atomic E-state index is 0.304. The summed E-state index contributed by atoms with van der Waals surface area (Å²) in [4.78, 5) is 0. The van der Waals surface area contributed by atoms with Crippen molar-refractivity contribution in [1.82, 2.24) is 0 Å². The first kappa shape index (κ1) is 28.4. The molecule has 0 aromatic carbocycles. The van der Waals surface area contributed by atoms with Gasteiger partial charge in [0.15, 0.2) is 0 Å². The van der Waals surface area contributed by atoms with Crippen molar-refractivity contribution in [2.75, 3.05) is 6.61 Å². The summed E-state index contributed by atoms with van der Waals surface area (Å²) >= 11 is 0. The van der Waals surface area contributed by atoms with Gasteiger partial charge < -0.3 is 9.47 Å². The fourth-order valence-corrected chi connectivity index (χ4v) is 11.0. The van der Waals surface area contributed by atoms with E-state index < -0.39 is 0 Å². The number of hydrogen-bond acceptors (Lipinski definition) is 2. The van der Waals surface area contributed by atoms with Gasteiger partial charge in [0.2, 0.25) is 0 Å². The molecule has 11 atom stereocenters. The number of fused-ring (bicyclic) bond motifs is 4. The second kappa shape index (κ2) is 11.4. The maximum absolute atomic E-state index is 6.65. The smallest absolute Gasteiger partial charge is 0.100 e. The Bertz CT molecular complexity index is 750. The van der Waals surface area contributed by atoms with Crippen LogP contribution in [0.15, 0.2) is 0 Å². The molecule has 4 saturated carbocycles. The highest BCUT2D eigenvalue weighted by Crippen LogP contribution is 2.74. The molecule has 0 N–H and O–H groups in total. The molecule has 0 aromatic rings. The molecule has 2 heteroatoms. The minimum absolute atomic E-state index is 0.304. The van der Waals surface area contributed by atoms with Crippen LogP contribution in [-0.2, 0) is 9.47 Å². The molecule has 0 aromatic heterocycles.